The van der Waals surface area contributed by atoms with Gasteiger partial charge in [0.25, 0.3) is 0 Å². The predicted octanol–water partition coefficient (Wildman–Crippen LogP) is 2.42. The van der Waals surface area contributed by atoms with Crippen LogP contribution in [0.15, 0.2) is 72.1 Å². The van der Waals surface area contributed by atoms with Gasteiger partial charge in [-0.05, 0) is 17.3 Å². The summed E-state index contributed by atoms with van der Waals surface area (Å²) in [6.45, 7) is 0.360. The SMILES string of the molecule is N#Cn1nnc(N2CN=C3c4ccccc4-n4cncc4N32)c1-c1ccccc1. The van der Waals surface area contributed by atoms with Crippen molar-refractivity contribution in [3.63, 3.8) is 0 Å². The number of anilines is 2. The molecule has 0 radical (unpaired) electrons. The number of para-hydroxylation sites is 1. The fraction of sp³-hybridized carbons (Fsp3) is 0.0500. The highest BCUT2D eigenvalue weighted by Gasteiger charge is 2.38. The Kier molecular flexibility index (Phi) is 3.10. The molecule has 138 valence electrons. The molecule has 0 saturated heterocycles. The van der Waals surface area contributed by atoms with Crippen molar-refractivity contribution < 1.29 is 0 Å². The van der Waals surface area contributed by atoms with E-state index in [4.69, 9.17) is 4.99 Å². The molecule has 0 aliphatic carbocycles. The lowest BCUT2D eigenvalue weighted by molar-refractivity contribution is 0.805. The van der Waals surface area contributed by atoms with Gasteiger partial charge < -0.3 is 0 Å². The zero-order valence-corrected chi connectivity index (χ0v) is 15.1. The Morgan fingerprint density at radius 1 is 1.00 bits per heavy atom. The minimum Gasteiger partial charge on any atom is -0.283 e. The number of amidine groups is 1. The van der Waals surface area contributed by atoms with Crippen LogP contribution in [0, 0.1) is 11.5 Å². The van der Waals surface area contributed by atoms with Gasteiger partial charge in [-0.15, -0.1) is 9.78 Å². The topological polar surface area (TPSA) is 91.2 Å². The van der Waals surface area contributed by atoms with Gasteiger partial charge in [0.1, 0.15) is 18.7 Å². The number of aromatic nitrogens is 5. The monoisotopic (exact) mass is 379 g/mol. The molecule has 0 atom stereocenters. The molecular formula is C20H13N9. The Labute approximate surface area is 165 Å². The quantitative estimate of drug-likeness (QED) is 0.531. The van der Waals surface area contributed by atoms with Crippen LogP contribution in [-0.4, -0.2) is 37.0 Å². The van der Waals surface area contributed by atoms with Gasteiger partial charge >= 0.3 is 0 Å². The number of imidazole rings is 1. The number of aliphatic imine (C=N–C) groups is 1. The van der Waals surface area contributed by atoms with E-state index >= 15 is 0 Å². The number of hydrazine groups is 1. The van der Waals surface area contributed by atoms with Crippen LogP contribution >= 0.6 is 0 Å². The Balaban J connectivity index is 1.54. The fourth-order valence-corrected chi connectivity index (χ4v) is 3.84. The molecule has 0 bridgehead atoms. The zero-order chi connectivity index (χ0) is 19.4. The normalized spacial score (nSPS) is 14.1. The van der Waals surface area contributed by atoms with Gasteiger partial charge in [0.15, 0.2) is 11.7 Å². The van der Waals surface area contributed by atoms with E-state index in [1.807, 2.05) is 69.2 Å². The third-order valence-electron chi connectivity index (χ3n) is 5.08. The third kappa shape index (κ3) is 2.08. The predicted molar refractivity (Wildman–Crippen MR) is 106 cm³/mol. The summed E-state index contributed by atoms with van der Waals surface area (Å²) in [6, 6.07) is 17.7. The smallest absolute Gasteiger partial charge is 0.208 e. The van der Waals surface area contributed by atoms with Gasteiger partial charge in [0, 0.05) is 11.1 Å². The summed E-state index contributed by atoms with van der Waals surface area (Å²) in [5, 5.41) is 21.8. The molecule has 4 heterocycles. The van der Waals surface area contributed by atoms with Crippen LogP contribution in [0.3, 0.4) is 0 Å². The summed E-state index contributed by atoms with van der Waals surface area (Å²) in [5.74, 6) is 2.23. The summed E-state index contributed by atoms with van der Waals surface area (Å²) in [5.41, 5.74) is 3.51. The number of nitriles is 1. The van der Waals surface area contributed by atoms with Gasteiger partial charge in [0.05, 0.1) is 11.9 Å². The number of hydrogen-bond acceptors (Lipinski definition) is 7. The second-order valence-electron chi connectivity index (χ2n) is 6.61. The number of benzene rings is 2. The number of nitrogens with zero attached hydrogens (tertiary/aromatic N) is 9. The highest BCUT2D eigenvalue weighted by Crippen LogP contribution is 2.38. The second kappa shape index (κ2) is 5.77. The molecule has 0 N–H and O–H groups in total. The van der Waals surface area contributed by atoms with Crippen LogP contribution in [0.5, 0.6) is 0 Å². The van der Waals surface area contributed by atoms with Crippen molar-refractivity contribution in [1.29, 1.82) is 5.26 Å². The summed E-state index contributed by atoms with van der Waals surface area (Å²) in [4.78, 5) is 9.11. The van der Waals surface area contributed by atoms with Gasteiger partial charge in [-0.1, -0.05) is 42.5 Å². The van der Waals surface area contributed by atoms with E-state index < -0.39 is 0 Å². The summed E-state index contributed by atoms with van der Waals surface area (Å²) >= 11 is 0. The van der Waals surface area contributed by atoms with E-state index in [1.54, 1.807) is 12.5 Å². The highest BCUT2D eigenvalue weighted by molar-refractivity contribution is 6.16. The van der Waals surface area contributed by atoms with E-state index in [0.29, 0.717) is 18.2 Å². The lowest BCUT2D eigenvalue weighted by Crippen LogP contribution is -2.45. The van der Waals surface area contributed by atoms with Crippen molar-refractivity contribution in [2.24, 2.45) is 4.99 Å². The van der Waals surface area contributed by atoms with Crippen molar-refractivity contribution in [2.45, 2.75) is 0 Å². The lowest BCUT2D eigenvalue weighted by atomic mass is 10.1. The molecule has 0 amide bonds. The summed E-state index contributed by atoms with van der Waals surface area (Å²) < 4.78 is 3.25. The molecule has 4 aromatic rings. The van der Waals surface area contributed by atoms with Crippen LogP contribution in [-0.2, 0) is 0 Å². The van der Waals surface area contributed by atoms with Crippen LogP contribution in [0.25, 0.3) is 16.9 Å². The van der Waals surface area contributed by atoms with Crippen LogP contribution in [0.1, 0.15) is 5.56 Å². The molecule has 9 nitrogen and oxygen atoms in total. The molecule has 9 heteroatoms. The molecule has 6 rings (SSSR count). The Bertz CT molecular complexity index is 1310. The molecule has 0 saturated carbocycles. The van der Waals surface area contributed by atoms with Crippen molar-refractivity contribution in [3.05, 3.63) is 72.7 Å². The van der Waals surface area contributed by atoms with Crippen molar-refractivity contribution >= 4 is 17.5 Å². The van der Waals surface area contributed by atoms with Crippen molar-refractivity contribution in [3.8, 4) is 23.1 Å². The van der Waals surface area contributed by atoms with E-state index in [0.717, 1.165) is 28.5 Å². The zero-order valence-electron chi connectivity index (χ0n) is 15.1. The summed E-state index contributed by atoms with van der Waals surface area (Å²) in [7, 11) is 0. The molecule has 2 aromatic heterocycles. The molecule has 2 aromatic carbocycles. The molecule has 2 aliphatic rings. The van der Waals surface area contributed by atoms with Crippen LogP contribution in [0.4, 0.5) is 11.6 Å². The Morgan fingerprint density at radius 2 is 1.83 bits per heavy atom. The second-order valence-corrected chi connectivity index (χ2v) is 6.61. The Morgan fingerprint density at radius 3 is 2.69 bits per heavy atom. The minimum atomic E-state index is 0.360. The first-order valence-electron chi connectivity index (χ1n) is 9.02. The molecular weight excluding hydrogens is 366 g/mol. The van der Waals surface area contributed by atoms with Crippen molar-refractivity contribution in [2.75, 3.05) is 16.7 Å². The van der Waals surface area contributed by atoms with Gasteiger partial charge in [-0.3, -0.25) is 4.57 Å². The minimum absolute atomic E-state index is 0.360. The average molecular weight is 379 g/mol. The van der Waals surface area contributed by atoms with Crippen LogP contribution < -0.4 is 10.0 Å². The summed E-state index contributed by atoms with van der Waals surface area (Å²) in [6.07, 6.45) is 5.66. The largest absolute Gasteiger partial charge is 0.283 e. The average Bonchev–Trinajstić information content (AvgIpc) is 3.51. The van der Waals surface area contributed by atoms with Gasteiger partial charge in [-0.25, -0.2) is 20.0 Å². The fourth-order valence-electron chi connectivity index (χ4n) is 3.84. The van der Waals surface area contributed by atoms with E-state index in [1.165, 1.54) is 4.68 Å². The maximum Gasteiger partial charge on any atom is 0.208 e. The molecule has 0 unspecified atom stereocenters. The molecule has 29 heavy (non-hydrogen) atoms. The Hall–Kier alpha value is -4.45. The number of hydrogen-bond donors (Lipinski definition) is 0. The third-order valence-corrected chi connectivity index (χ3v) is 5.08. The van der Waals surface area contributed by atoms with Gasteiger partial charge in [-0.2, -0.15) is 5.26 Å². The van der Waals surface area contributed by atoms with Crippen LogP contribution in [0.2, 0.25) is 0 Å². The first-order valence-corrected chi connectivity index (χ1v) is 9.02. The highest BCUT2D eigenvalue weighted by atomic mass is 15.7. The maximum absolute atomic E-state index is 9.56. The first kappa shape index (κ1) is 15.6. The molecule has 0 fully saturated rings. The van der Waals surface area contributed by atoms with E-state index in [2.05, 4.69) is 21.5 Å². The van der Waals surface area contributed by atoms with Gasteiger partial charge in [0.2, 0.25) is 12.0 Å². The molecule has 0 spiro atoms. The van der Waals surface area contributed by atoms with E-state index in [-0.39, 0.29) is 0 Å². The molecule has 2 aliphatic heterocycles. The number of rotatable bonds is 2. The lowest BCUT2D eigenvalue weighted by Gasteiger charge is -2.34. The first-order chi connectivity index (χ1) is 14.4. The number of fused-ring (bicyclic) bond motifs is 6. The maximum atomic E-state index is 9.56. The van der Waals surface area contributed by atoms with E-state index in [9.17, 15) is 5.26 Å². The standard InChI is InChI=1S/C20H13N9/c21-11-27-18(14-6-2-1-3-7-14)20(24-25-27)28-13-23-19-15-8-4-5-9-16(15)26-12-22-10-17(26)29(19)28/h1-10,12H,13H2. The van der Waals surface area contributed by atoms with Crippen molar-refractivity contribution in [1.82, 2.24) is 24.5 Å².